The first-order valence-corrected chi connectivity index (χ1v) is 9.41. The number of aromatic nitrogens is 1. The molecule has 3 rings (SSSR count). The van der Waals surface area contributed by atoms with Gasteiger partial charge in [-0.05, 0) is 36.6 Å². The van der Waals surface area contributed by atoms with E-state index in [1.54, 1.807) is 32.4 Å². The van der Waals surface area contributed by atoms with Crippen molar-refractivity contribution in [1.82, 2.24) is 10.3 Å². The Bertz CT molecular complexity index is 732. The second-order valence-electron chi connectivity index (χ2n) is 6.71. The van der Waals surface area contributed by atoms with Crippen molar-refractivity contribution < 1.29 is 14.3 Å². The average Bonchev–Trinajstić information content (AvgIpc) is 3.01. The van der Waals surface area contributed by atoms with Gasteiger partial charge in [0, 0.05) is 37.5 Å². The van der Waals surface area contributed by atoms with Crippen LogP contribution >= 0.6 is 0 Å². The Labute approximate surface area is 160 Å². The topological polar surface area (TPSA) is 63.7 Å². The minimum absolute atomic E-state index is 0.177. The van der Waals surface area contributed by atoms with Gasteiger partial charge in [0.2, 0.25) is 0 Å². The normalized spacial score (nSPS) is 14.4. The molecule has 1 aliphatic heterocycles. The molecule has 0 saturated carbocycles. The predicted molar refractivity (Wildman–Crippen MR) is 106 cm³/mol. The zero-order valence-electron chi connectivity index (χ0n) is 16.0. The Morgan fingerprint density at radius 1 is 1.04 bits per heavy atom. The highest BCUT2D eigenvalue weighted by molar-refractivity contribution is 5.95. The zero-order chi connectivity index (χ0) is 19.1. The number of ether oxygens (including phenoxy) is 2. The molecule has 1 aromatic heterocycles. The van der Waals surface area contributed by atoms with E-state index >= 15 is 0 Å². The lowest BCUT2D eigenvalue weighted by Gasteiger charge is -2.21. The maximum atomic E-state index is 12.5. The van der Waals surface area contributed by atoms with Gasteiger partial charge in [-0.2, -0.15) is 0 Å². The summed E-state index contributed by atoms with van der Waals surface area (Å²) in [4.78, 5) is 19.4. The van der Waals surface area contributed by atoms with E-state index in [1.807, 2.05) is 18.3 Å². The van der Waals surface area contributed by atoms with Crippen molar-refractivity contribution in [3.05, 3.63) is 47.7 Å². The third-order valence-electron chi connectivity index (χ3n) is 4.81. The van der Waals surface area contributed by atoms with Gasteiger partial charge in [0.1, 0.15) is 17.3 Å². The zero-order valence-corrected chi connectivity index (χ0v) is 16.0. The third-order valence-corrected chi connectivity index (χ3v) is 4.81. The van der Waals surface area contributed by atoms with E-state index in [4.69, 9.17) is 9.47 Å². The molecule has 1 fully saturated rings. The van der Waals surface area contributed by atoms with Crippen LogP contribution in [0.25, 0.3) is 0 Å². The molecule has 0 aliphatic carbocycles. The van der Waals surface area contributed by atoms with Crippen LogP contribution in [-0.2, 0) is 6.54 Å². The van der Waals surface area contributed by atoms with E-state index < -0.39 is 0 Å². The summed E-state index contributed by atoms with van der Waals surface area (Å²) in [5.74, 6) is 2.01. The molecule has 1 aromatic carbocycles. The van der Waals surface area contributed by atoms with Gasteiger partial charge in [-0.15, -0.1) is 0 Å². The maximum Gasteiger partial charge on any atom is 0.251 e. The van der Waals surface area contributed by atoms with Crippen LogP contribution in [0.5, 0.6) is 11.5 Å². The number of nitrogens with one attached hydrogen (secondary N) is 1. The van der Waals surface area contributed by atoms with Crippen LogP contribution in [0.1, 0.15) is 41.6 Å². The molecular weight excluding hydrogens is 342 g/mol. The Balaban J connectivity index is 1.60. The van der Waals surface area contributed by atoms with Crippen molar-refractivity contribution in [1.29, 1.82) is 0 Å². The SMILES string of the molecule is COc1cc(OC)cc(C(=O)NCc2ccc(N3CCCCCC3)nc2)c1. The Morgan fingerprint density at radius 2 is 1.70 bits per heavy atom. The third kappa shape index (κ3) is 5.12. The molecule has 144 valence electrons. The van der Waals surface area contributed by atoms with Gasteiger partial charge in [-0.1, -0.05) is 18.9 Å². The number of methoxy groups -OCH3 is 2. The highest BCUT2D eigenvalue weighted by Crippen LogP contribution is 2.22. The molecule has 0 spiro atoms. The van der Waals surface area contributed by atoms with Crippen molar-refractivity contribution in [2.75, 3.05) is 32.2 Å². The Kier molecular flexibility index (Phi) is 6.52. The van der Waals surface area contributed by atoms with Gasteiger partial charge in [-0.3, -0.25) is 4.79 Å². The van der Waals surface area contributed by atoms with Crippen molar-refractivity contribution in [3.63, 3.8) is 0 Å². The molecule has 27 heavy (non-hydrogen) atoms. The van der Waals surface area contributed by atoms with Crippen LogP contribution in [0.4, 0.5) is 5.82 Å². The standard InChI is InChI=1S/C21H27N3O3/c1-26-18-11-17(12-19(13-18)27-2)21(25)23-15-16-7-8-20(22-14-16)24-9-5-3-4-6-10-24/h7-8,11-14H,3-6,9-10,15H2,1-2H3,(H,23,25). The predicted octanol–water partition coefficient (Wildman–Crippen LogP) is 3.41. The number of rotatable bonds is 6. The van der Waals surface area contributed by atoms with E-state index in [1.165, 1.54) is 25.7 Å². The fourth-order valence-corrected chi connectivity index (χ4v) is 3.23. The molecule has 6 heteroatoms. The van der Waals surface area contributed by atoms with E-state index in [-0.39, 0.29) is 5.91 Å². The first-order valence-electron chi connectivity index (χ1n) is 9.41. The van der Waals surface area contributed by atoms with Crippen LogP contribution in [0, 0.1) is 0 Å². The minimum Gasteiger partial charge on any atom is -0.497 e. The summed E-state index contributed by atoms with van der Waals surface area (Å²) in [6.45, 7) is 2.56. The summed E-state index contributed by atoms with van der Waals surface area (Å²) in [6, 6.07) is 9.19. The number of carbonyl (C=O) groups excluding carboxylic acids is 1. The second-order valence-corrected chi connectivity index (χ2v) is 6.71. The minimum atomic E-state index is -0.177. The average molecular weight is 369 g/mol. The quantitative estimate of drug-likeness (QED) is 0.845. The fraction of sp³-hybridized carbons (Fsp3) is 0.429. The fourth-order valence-electron chi connectivity index (χ4n) is 3.23. The number of pyridine rings is 1. The lowest BCUT2D eigenvalue weighted by Crippen LogP contribution is -2.25. The lowest BCUT2D eigenvalue weighted by atomic mass is 10.1. The van der Waals surface area contributed by atoms with E-state index in [0.717, 1.165) is 24.5 Å². The van der Waals surface area contributed by atoms with E-state index in [0.29, 0.717) is 23.6 Å². The monoisotopic (exact) mass is 369 g/mol. The van der Waals surface area contributed by atoms with Gasteiger partial charge < -0.3 is 19.7 Å². The lowest BCUT2D eigenvalue weighted by molar-refractivity contribution is 0.0950. The summed E-state index contributed by atoms with van der Waals surface area (Å²) in [6.07, 6.45) is 6.89. The first-order chi connectivity index (χ1) is 13.2. The van der Waals surface area contributed by atoms with Gasteiger partial charge in [0.15, 0.2) is 0 Å². The van der Waals surface area contributed by atoms with E-state index in [2.05, 4.69) is 15.2 Å². The highest BCUT2D eigenvalue weighted by Gasteiger charge is 2.12. The Hall–Kier alpha value is -2.76. The maximum absolute atomic E-state index is 12.5. The number of hydrogen-bond donors (Lipinski definition) is 1. The largest absolute Gasteiger partial charge is 0.497 e. The smallest absolute Gasteiger partial charge is 0.251 e. The number of amides is 1. The van der Waals surface area contributed by atoms with Crippen molar-refractivity contribution >= 4 is 11.7 Å². The molecule has 1 aliphatic rings. The van der Waals surface area contributed by atoms with Crippen LogP contribution < -0.4 is 19.7 Å². The molecule has 0 atom stereocenters. The highest BCUT2D eigenvalue weighted by atomic mass is 16.5. The molecule has 0 radical (unpaired) electrons. The summed E-state index contributed by atoms with van der Waals surface area (Å²) < 4.78 is 10.4. The molecule has 0 unspecified atom stereocenters. The summed E-state index contributed by atoms with van der Waals surface area (Å²) in [7, 11) is 3.13. The van der Waals surface area contributed by atoms with Gasteiger partial charge in [0.25, 0.3) is 5.91 Å². The second kappa shape index (κ2) is 9.26. The van der Waals surface area contributed by atoms with Crippen molar-refractivity contribution in [2.45, 2.75) is 32.2 Å². The molecule has 1 N–H and O–H groups in total. The van der Waals surface area contributed by atoms with Crippen LogP contribution in [-0.4, -0.2) is 38.2 Å². The number of anilines is 1. The molecule has 6 nitrogen and oxygen atoms in total. The van der Waals surface area contributed by atoms with Gasteiger partial charge >= 0.3 is 0 Å². The number of benzene rings is 1. The van der Waals surface area contributed by atoms with Crippen LogP contribution in [0.2, 0.25) is 0 Å². The van der Waals surface area contributed by atoms with Gasteiger partial charge in [0.05, 0.1) is 14.2 Å². The summed E-state index contributed by atoms with van der Waals surface area (Å²) in [5.41, 5.74) is 1.47. The molecule has 1 saturated heterocycles. The molecule has 0 bridgehead atoms. The van der Waals surface area contributed by atoms with Crippen molar-refractivity contribution in [2.24, 2.45) is 0 Å². The summed E-state index contributed by atoms with van der Waals surface area (Å²) in [5, 5.41) is 2.92. The van der Waals surface area contributed by atoms with Crippen LogP contribution in [0.3, 0.4) is 0 Å². The van der Waals surface area contributed by atoms with Crippen molar-refractivity contribution in [3.8, 4) is 11.5 Å². The number of nitrogens with zero attached hydrogens (tertiary/aromatic N) is 2. The molecule has 2 heterocycles. The van der Waals surface area contributed by atoms with Gasteiger partial charge in [-0.25, -0.2) is 4.98 Å². The molecular formula is C21H27N3O3. The van der Waals surface area contributed by atoms with Crippen LogP contribution in [0.15, 0.2) is 36.5 Å². The molecule has 2 aromatic rings. The summed E-state index contributed by atoms with van der Waals surface area (Å²) >= 11 is 0. The number of hydrogen-bond acceptors (Lipinski definition) is 5. The van der Waals surface area contributed by atoms with E-state index in [9.17, 15) is 4.79 Å². The first kappa shape index (κ1) is 19.0. The number of carbonyl (C=O) groups is 1. The molecule has 1 amide bonds. The Morgan fingerprint density at radius 3 is 2.26 bits per heavy atom.